The molecule has 2 aliphatic heterocycles. The van der Waals surface area contributed by atoms with Crippen LogP contribution in [0.25, 0.3) is 11.1 Å². The summed E-state index contributed by atoms with van der Waals surface area (Å²) in [5.41, 5.74) is 3.71. The van der Waals surface area contributed by atoms with Crippen molar-refractivity contribution < 1.29 is 4.74 Å². The summed E-state index contributed by atoms with van der Waals surface area (Å²) in [7, 11) is 0. The summed E-state index contributed by atoms with van der Waals surface area (Å²) in [4.78, 5) is 0. The first kappa shape index (κ1) is 13.8. The molecule has 22 heavy (non-hydrogen) atoms. The third-order valence-electron chi connectivity index (χ3n) is 5.02. The molecule has 2 atom stereocenters. The molecular weight excluding hydrogens is 270 g/mol. The number of nitrogens with one attached hydrogen (secondary N) is 1. The average molecular weight is 293 g/mol. The van der Waals surface area contributed by atoms with Crippen LogP contribution in [0.15, 0.2) is 48.5 Å². The number of ether oxygens (including phenoxy) is 1. The zero-order chi connectivity index (χ0) is 14.9. The van der Waals surface area contributed by atoms with Gasteiger partial charge >= 0.3 is 0 Å². The quantitative estimate of drug-likeness (QED) is 0.909. The molecular formula is C20H23NO. The van der Waals surface area contributed by atoms with Gasteiger partial charge in [0.25, 0.3) is 0 Å². The van der Waals surface area contributed by atoms with E-state index in [9.17, 15) is 0 Å². The zero-order valence-corrected chi connectivity index (χ0v) is 13.1. The second-order valence-corrected chi connectivity index (χ2v) is 6.70. The lowest BCUT2D eigenvalue weighted by atomic mass is 10.0. The van der Waals surface area contributed by atoms with Crippen LogP contribution in [-0.2, 0) is 0 Å². The van der Waals surface area contributed by atoms with Crippen molar-refractivity contribution in [2.24, 2.45) is 0 Å². The normalized spacial score (nSPS) is 26.9. The van der Waals surface area contributed by atoms with E-state index in [1.807, 2.05) is 0 Å². The highest BCUT2D eigenvalue weighted by molar-refractivity contribution is 5.65. The standard InChI is InChI=1S/C20H23NO/c1-14-7-8-16(15-5-3-2-4-6-15)11-20(14)22-19-12-17-9-10-18(13-19)21-17/h2-8,11,17-19,21H,9-10,12-13H2,1H3. The first-order valence-electron chi connectivity index (χ1n) is 8.37. The molecule has 2 aromatic rings. The van der Waals surface area contributed by atoms with Gasteiger partial charge in [-0.3, -0.25) is 0 Å². The van der Waals surface area contributed by atoms with Crippen molar-refractivity contribution in [3.63, 3.8) is 0 Å². The Bertz CT molecular complexity index is 640. The number of hydrogen-bond acceptors (Lipinski definition) is 2. The van der Waals surface area contributed by atoms with E-state index in [0.29, 0.717) is 18.2 Å². The lowest BCUT2D eigenvalue weighted by Gasteiger charge is -2.30. The largest absolute Gasteiger partial charge is 0.490 e. The fraction of sp³-hybridized carbons (Fsp3) is 0.400. The third-order valence-corrected chi connectivity index (χ3v) is 5.02. The number of hydrogen-bond donors (Lipinski definition) is 1. The summed E-state index contributed by atoms with van der Waals surface area (Å²) in [5, 5.41) is 3.68. The predicted octanol–water partition coefficient (Wildman–Crippen LogP) is 4.32. The topological polar surface area (TPSA) is 21.3 Å². The first-order chi connectivity index (χ1) is 10.8. The van der Waals surface area contributed by atoms with E-state index in [1.54, 1.807) is 0 Å². The maximum absolute atomic E-state index is 6.39. The van der Waals surface area contributed by atoms with Crippen LogP contribution in [0.4, 0.5) is 0 Å². The van der Waals surface area contributed by atoms with Crippen LogP contribution in [0, 0.1) is 6.92 Å². The molecule has 0 spiro atoms. The molecule has 0 aliphatic carbocycles. The summed E-state index contributed by atoms with van der Waals surface area (Å²) in [5.74, 6) is 1.05. The van der Waals surface area contributed by atoms with E-state index in [4.69, 9.17) is 4.74 Å². The molecule has 2 unspecified atom stereocenters. The molecule has 0 radical (unpaired) electrons. The number of rotatable bonds is 3. The highest BCUT2D eigenvalue weighted by atomic mass is 16.5. The van der Waals surface area contributed by atoms with Crippen molar-refractivity contribution in [2.45, 2.75) is 50.8 Å². The van der Waals surface area contributed by atoms with Gasteiger partial charge in [0.1, 0.15) is 11.9 Å². The minimum absolute atomic E-state index is 0.364. The van der Waals surface area contributed by atoms with Gasteiger partial charge < -0.3 is 10.1 Å². The molecule has 2 heterocycles. The zero-order valence-electron chi connectivity index (χ0n) is 13.1. The summed E-state index contributed by atoms with van der Waals surface area (Å²) < 4.78 is 6.39. The van der Waals surface area contributed by atoms with Crippen LogP contribution < -0.4 is 10.1 Å². The lowest BCUT2D eigenvalue weighted by molar-refractivity contribution is 0.136. The van der Waals surface area contributed by atoms with E-state index in [1.165, 1.54) is 29.5 Å². The average Bonchev–Trinajstić information content (AvgIpc) is 2.89. The van der Waals surface area contributed by atoms with Gasteiger partial charge in [-0.1, -0.05) is 42.5 Å². The Balaban J connectivity index is 1.56. The van der Waals surface area contributed by atoms with Crippen molar-refractivity contribution in [1.82, 2.24) is 5.32 Å². The summed E-state index contributed by atoms with van der Waals surface area (Å²) >= 11 is 0. The van der Waals surface area contributed by atoms with Crippen LogP contribution in [0.1, 0.15) is 31.2 Å². The Kier molecular flexibility index (Phi) is 3.63. The molecule has 2 heteroatoms. The molecule has 0 amide bonds. The van der Waals surface area contributed by atoms with E-state index in [-0.39, 0.29) is 0 Å². The molecule has 2 bridgehead atoms. The van der Waals surface area contributed by atoms with Gasteiger partial charge in [-0.2, -0.15) is 0 Å². The highest BCUT2D eigenvalue weighted by Crippen LogP contribution is 2.32. The Morgan fingerprint density at radius 2 is 1.64 bits per heavy atom. The fourth-order valence-corrected chi connectivity index (χ4v) is 3.82. The van der Waals surface area contributed by atoms with Crippen molar-refractivity contribution >= 4 is 0 Å². The highest BCUT2D eigenvalue weighted by Gasteiger charge is 2.34. The van der Waals surface area contributed by atoms with Crippen molar-refractivity contribution in [2.75, 3.05) is 0 Å². The smallest absolute Gasteiger partial charge is 0.123 e. The fourth-order valence-electron chi connectivity index (χ4n) is 3.82. The number of piperidine rings is 1. The van der Waals surface area contributed by atoms with Crippen LogP contribution in [-0.4, -0.2) is 18.2 Å². The van der Waals surface area contributed by atoms with Gasteiger partial charge in [-0.05, 0) is 55.4 Å². The van der Waals surface area contributed by atoms with E-state index in [2.05, 4.69) is 60.8 Å². The van der Waals surface area contributed by atoms with Gasteiger partial charge in [0.15, 0.2) is 0 Å². The van der Waals surface area contributed by atoms with Gasteiger partial charge in [-0.25, -0.2) is 0 Å². The van der Waals surface area contributed by atoms with E-state index >= 15 is 0 Å². The van der Waals surface area contributed by atoms with Crippen molar-refractivity contribution in [3.8, 4) is 16.9 Å². The third kappa shape index (κ3) is 2.76. The number of fused-ring (bicyclic) bond motifs is 2. The van der Waals surface area contributed by atoms with Crippen LogP contribution in [0.5, 0.6) is 5.75 Å². The minimum Gasteiger partial charge on any atom is -0.490 e. The molecule has 0 saturated carbocycles. The van der Waals surface area contributed by atoms with Crippen molar-refractivity contribution in [3.05, 3.63) is 54.1 Å². The number of benzene rings is 2. The van der Waals surface area contributed by atoms with Crippen LogP contribution in [0.2, 0.25) is 0 Å². The Hall–Kier alpha value is -1.80. The van der Waals surface area contributed by atoms with Crippen LogP contribution in [0.3, 0.4) is 0 Å². The maximum atomic E-state index is 6.39. The SMILES string of the molecule is Cc1ccc(-c2ccccc2)cc1OC1CC2CCC(C1)N2. The Labute approximate surface area is 132 Å². The maximum Gasteiger partial charge on any atom is 0.123 e. The summed E-state index contributed by atoms with van der Waals surface area (Å²) in [6.45, 7) is 2.14. The monoisotopic (exact) mass is 293 g/mol. The second-order valence-electron chi connectivity index (χ2n) is 6.70. The van der Waals surface area contributed by atoms with Gasteiger partial charge in [0, 0.05) is 12.1 Å². The first-order valence-corrected chi connectivity index (χ1v) is 8.37. The summed E-state index contributed by atoms with van der Waals surface area (Å²) in [6, 6.07) is 18.4. The van der Waals surface area contributed by atoms with Gasteiger partial charge in [0.2, 0.25) is 0 Å². The summed E-state index contributed by atoms with van der Waals surface area (Å²) in [6.07, 6.45) is 5.28. The molecule has 1 N–H and O–H groups in total. The van der Waals surface area contributed by atoms with Crippen molar-refractivity contribution in [1.29, 1.82) is 0 Å². The van der Waals surface area contributed by atoms with E-state index in [0.717, 1.165) is 18.6 Å². The van der Waals surface area contributed by atoms with Crippen LogP contribution >= 0.6 is 0 Å². The minimum atomic E-state index is 0.364. The second kappa shape index (κ2) is 5.77. The molecule has 2 aliphatic rings. The molecule has 2 nitrogen and oxygen atoms in total. The molecule has 2 saturated heterocycles. The molecule has 0 aromatic heterocycles. The Morgan fingerprint density at radius 1 is 0.909 bits per heavy atom. The molecule has 114 valence electrons. The molecule has 2 aromatic carbocycles. The molecule has 4 rings (SSSR count). The number of aryl methyl sites for hydroxylation is 1. The lowest BCUT2D eigenvalue weighted by Crippen LogP contribution is -2.42. The Morgan fingerprint density at radius 3 is 2.36 bits per heavy atom. The van der Waals surface area contributed by atoms with Gasteiger partial charge in [0.05, 0.1) is 0 Å². The molecule has 2 fully saturated rings. The predicted molar refractivity (Wildman–Crippen MR) is 90.2 cm³/mol. The van der Waals surface area contributed by atoms with Gasteiger partial charge in [-0.15, -0.1) is 0 Å². The van der Waals surface area contributed by atoms with E-state index < -0.39 is 0 Å².